The second-order valence-electron chi connectivity index (χ2n) is 7.95. The van der Waals surface area contributed by atoms with E-state index in [1.807, 2.05) is 45.9 Å². The summed E-state index contributed by atoms with van der Waals surface area (Å²) >= 11 is 0. The van der Waals surface area contributed by atoms with Gasteiger partial charge in [0.15, 0.2) is 0 Å². The number of hydrogen-bond acceptors (Lipinski definition) is 3. The molecule has 0 aliphatic carbocycles. The molecule has 0 saturated heterocycles. The molecule has 3 aromatic carbocycles. The molecule has 1 N–H and O–H groups in total. The Balaban J connectivity index is 1.90. The zero-order chi connectivity index (χ0) is 23.5. The van der Waals surface area contributed by atoms with Crippen molar-refractivity contribution in [2.45, 2.75) is 38.6 Å². The number of amides is 1. The molecule has 3 rings (SSSR count). The molecule has 3 aromatic rings. The molecule has 5 nitrogen and oxygen atoms in total. The van der Waals surface area contributed by atoms with Gasteiger partial charge in [-0.2, -0.15) is 0 Å². The Labute approximate surface area is 188 Å². The molecule has 1 amide bonds. The standard InChI is InChI=1S/C25H27FN2O3S/c1-17-6-13-23(14-7-17)32(30,31)28(22-11-9-21(26)10-12-22)16-25(29)27-20(4)24-15-18(2)5-8-19(24)3/h5-15,20H,16H2,1-4H3,(H,27,29). The molecule has 0 aliphatic heterocycles. The second-order valence-corrected chi connectivity index (χ2v) is 9.81. The van der Waals surface area contributed by atoms with E-state index in [0.29, 0.717) is 0 Å². The Kier molecular flexibility index (Phi) is 6.99. The summed E-state index contributed by atoms with van der Waals surface area (Å²) in [6.45, 7) is 7.22. The molecular weight excluding hydrogens is 427 g/mol. The van der Waals surface area contributed by atoms with Crippen LogP contribution in [0.1, 0.15) is 35.2 Å². The number of nitrogens with zero attached hydrogens (tertiary/aromatic N) is 1. The highest BCUT2D eigenvalue weighted by molar-refractivity contribution is 7.92. The number of anilines is 1. The lowest BCUT2D eigenvalue weighted by Gasteiger charge is -2.25. The molecule has 0 fully saturated rings. The van der Waals surface area contributed by atoms with Crippen LogP contribution in [0.25, 0.3) is 0 Å². The van der Waals surface area contributed by atoms with Crippen molar-refractivity contribution in [3.05, 3.63) is 94.8 Å². The van der Waals surface area contributed by atoms with Gasteiger partial charge in [0.1, 0.15) is 12.4 Å². The van der Waals surface area contributed by atoms with Crippen LogP contribution < -0.4 is 9.62 Å². The van der Waals surface area contributed by atoms with E-state index in [2.05, 4.69) is 5.32 Å². The van der Waals surface area contributed by atoms with Gasteiger partial charge < -0.3 is 5.32 Å². The Morgan fingerprint density at radius 2 is 1.53 bits per heavy atom. The lowest BCUT2D eigenvalue weighted by atomic mass is 10.00. The summed E-state index contributed by atoms with van der Waals surface area (Å²) in [5.41, 5.74) is 4.19. The highest BCUT2D eigenvalue weighted by Gasteiger charge is 2.28. The Morgan fingerprint density at radius 1 is 0.938 bits per heavy atom. The monoisotopic (exact) mass is 454 g/mol. The fourth-order valence-electron chi connectivity index (χ4n) is 3.48. The van der Waals surface area contributed by atoms with Gasteiger partial charge in [0, 0.05) is 0 Å². The first-order valence-electron chi connectivity index (χ1n) is 10.3. The van der Waals surface area contributed by atoms with Crippen LogP contribution in [-0.4, -0.2) is 20.9 Å². The number of benzene rings is 3. The van der Waals surface area contributed by atoms with Crippen LogP contribution in [0.3, 0.4) is 0 Å². The Morgan fingerprint density at radius 3 is 2.16 bits per heavy atom. The largest absolute Gasteiger partial charge is 0.348 e. The first-order valence-corrected chi connectivity index (χ1v) is 11.7. The van der Waals surface area contributed by atoms with Crippen molar-refractivity contribution < 1.29 is 17.6 Å². The van der Waals surface area contributed by atoms with Crippen molar-refractivity contribution in [1.82, 2.24) is 5.32 Å². The third-order valence-electron chi connectivity index (χ3n) is 5.29. The van der Waals surface area contributed by atoms with E-state index in [4.69, 9.17) is 0 Å². The molecule has 1 unspecified atom stereocenters. The van der Waals surface area contributed by atoms with Crippen molar-refractivity contribution in [3.63, 3.8) is 0 Å². The normalized spacial score (nSPS) is 12.3. The van der Waals surface area contributed by atoms with Gasteiger partial charge in [0.2, 0.25) is 5.91 Å². The zero-order valence-electron chi connectivity index (χ0n) is 18.6. The lowest BCUT2D eigenvalue weighted by molar-refractivity contribution is -0.120. The molecule has 0 saturated carbocycles. The maximum absolute atomic E-state index is 13.5. The average molecular weight is 455 g/mol. The van der Waals surface area contributed by atoms with Gasteiger partial charge in [-0.1, -0.05) is 41.5 Å². The number of nitrogens with one attached hydrogen (secondary N) is 1. The van der Waals surface area contributed by atoms with Crippen molar-refractivity contribution in [2.75, 3.05) is 10.8 Å². The summed E-state index contributed by atoms with van der Waals surface area (Å²) < 4.78 is 41.2. The molecule has 0 bridgehead atoms. The molecule has 1 atom stereocenters. The summed E-state index contributed by atoms with van der Waals surface area (Å²) in [7, 11) is -4.04. The Bertz CT molecular complexity index is 1210. The predicted octanol–water partition coefficient (Wildman–Crippen LogP) is 4.82. The molecule has 0 radical (unpaired) electrons. The fourth-order valence-corrected chi connectivity index (χ4v) is 4.90. The number of halogens is 1. The van der Waals surface area contributed by atoms with E-state index in [0.717, 1.165) is 26.6 Å². The van der Waals surface area contributed by atoms with Crippen molar-refractivity contribution in [2.24, 2.45) is 0 Å². The van der Waals surface area contributed by atoms with Crippen LogP contribution in [0.15, 0.2) is 71.6 Å². The predicted molar refractivity (Wildman–Crippen MR) is 125 cm³/mol. The van der Waals surface area contributed by atoms with E-state index in [1.54, 1.807) is 12.1 Å². The van der Waals surface area contributed by atoms with Crippen LogP contribution in [0.4, 0.5) is 10.1 Å². The maximum Gasteiger partial charge on any atom is 0.264 e. The number of sulfonamides is 1. The van der Waals surface area contributed by atoms with Crippen molar-refractivity contribution in [3.8, 4) is 0 Å². The maximum atomic E-state index is 13.5. The van der Waals surface area contributed by atoms with Gasteiger partial charge in [-0.25, -0.2) is 12.8 Å². The van der Waals surface area contributed by atoms with Crippen LogP contribution in [-0.2, 0) is 14.8 Å². The molecule has 0 heterocycles. The number of aryl methyl sites for hydroxylation is 3. The van der Waals surface area contributed by atoms with Gasteiger partial charge in [0.25, 0.3) is 10.0 Å². The lowest BCUT2D eigenvalue weighted by Crippen LogP contribution is -2.41. The van der Waals surface area contributed by atoms with Gasteiger partial charge in [-0.3, -0.25) is 9.10 Å². The molecule has 168 valence electrons. The molecule has 0 spiro atoms. The van der Waals surface area contributed by atoms with E-state index in [1.165, 1.54) is 36.4 Å². The smallest absolute Gasteiger partial charge is 0.264 e. The van der Waals surface area contributed by atoms with E-state index in [9.17, 15) is 17.6 Å². The minimum absolute atomic E-state index is 0.0582. The van der Waals surface area contributed by atoms with Crippen LogP contribution in [0.2, 0.25) is 0 Å². The van der Waals surface area contributed by atoms with Gasteiger partial charge in [-0.15, -0.1) is 0 Å². The minimum Gasteiger partial charge on any atom is -0.348 e. The molecular formula is C25H27FN2O3S. The number of carbonyl (C=O) groups excluding carboxylic acids is 1. The highest BCUT2D eigenvalue weighted by Crippen LogP contribution is 2.25. The van der Waals surface area contributed by atoms with E-state index >= 15 is 0 Å². The third-order valence-corrected chi connectivity index (χ3v) is 7.08. The third kappa shape index (κ3) is 5.34. The van der Waals surface area contributed by atoms with E-state index in [-0.39, 0.29) is 16.6 Å². The molecule has 32 heavy (non-hydrogen) atoms. The first kappa shape index (κ1) is 23.5. The SMILES string of the molecule is Cc1ccc(S(=O)(=O)N(CC(=O)NC(C)c2cc(C)ccc2C)c2ccc(F)cc2)cc1. The van der Waals surface area contributed by atoms with Crippen LogP contribution in [0, 0.1) is 26.6 Å². The summed E-state index contributed by atoms with van der Waals surface area (Å²) in [5.74, 6) is -0.951. The van der Waals surface area contributed by atoms with Crippen molar-refractivity contribution in [1.29, 1.82) is 0 Å². The second kappa shape index (κ2) is 9.53. The quantitative estimate of drug-likeness (QED) is 0.556. The summed E-state index contributed by atoms with van der Waals surface area (Å²) in [5, 5.41) is 2.89. The minimum atomic E-state index is -4.04. The zero-order valence-corrected chi connectivity index (χ0v) is 19.4. The van der Waals surface area contributed by atoms with Crippen LogP contribution in [0.5, 0.6) is 0 Å². The van der Waals surface area contributed by atoms with Crippen LogP contribution >= 0.6 is 0 Å². The summed E-state index contributed by atoms with van der Waals surface area (Å²) in [4.78, 5) is 13.0. The van der Waals surface area contributed by atoms with Gasteiger partial charge in [-0.05, 0) is 75.2 Å². The summed E-state index contributed by atoms with van der Waals surface area (Å²) in [6, 6.07) is 17.1. The summed E-state index contributed by atoms with van der Waals surface area (Å²) in [6.07, 6.45) is 0. The average Bonchev–Trinajstić information content (AvgIpc) is 2.74. The number of carbonyl (C=O) groups is 1. The fraction of sp³-hybridized carbons (Fsp3) is 0.240. The number of rotatable bonds is 7. The molecule has 7 heteroatoms. The highest BCUT2D eigenvalue weighted by atomic mass is 32.2. The topological polar surface area (TPSA) is 66.5 Å². The molecule has 0 aliphatic rings. The Hall–Kier alpha value is -3.19. The first-order chi connectivity index (χ1) is 15.1. The van der Waals surface area contributed by atoms with Crippen molar-refractivity contribution >= 4 is 21.6 Å². The van der Waals surface area contributed by atoms with Gasteiger partial charge >= 0.3 is 0 Å². The van der Waals surface area contributed by atoms with E-state index < -0.39 is 28.3 Å². The van der Waals surface area contributed by atoms with Gasteiger partial charge in [0.05, 0.1) is 16.6 Å². The molecule has 0 aromatic heterocycles. The number of hydrogen-bond donors (Lipinski definition) is 1.